The summed E-state index contributed by atoms with van der Waals surface area (Å²) in [6, 6.07) is 34.2. The van der Waals surface area contributed by atoms with Crippen LogP contribution in [0.15, 0.2) is 147 Å². The van der Waals surface area contributed by atoms with E-state index in [9.17, 15) is 29.1 Å². The van der Waals surface area contributed by atoms with Gasteiger partial charge in [0.15, 0.2) is 11.2 Å². The number of hydrogen-bond donors (Lipinski definition) is 4. The van der Waals surface area contributed by atoms with Gasteiger partial charge in [0.1, 0.15) is 11.2 Å². The Morgan fingerprint density at radius 2 is 1.53 bits per heavy atom. The fourth-order valence-electron chi connectivity index (χ4n) is 9.69. The highest BCUT2D eigenvalue weighted by atomic mass is 32.1. The fraction of sp³-hybridized carbons (Fsp3) is 0.293. The van der Waals surface area contributed by atoms with Crippen molar-refractivity contribution in [3.63, 3.8) is 0 Å². The lowest BCUT2D eigenvalue weighted by Gasteiger charge is -2.38. The summed E-state index contributed by atoms with van der Waals surface area (Å²) in [5.74, 6) is -0.501. The second-order valence-corrected chi connectivity index (χ2v) is 21.5. The maximum atomic E-state index is 13.7. The Morgan fingerprint density at radius 3 is 2.27 bits per heavy atom. The maximum absolute atomic E-state index is 13.7. The molecule has 4 amide bonds. The standard InChI is InChI=1S/C58H59N13O6S2/c1-38(40-13-7-5-8-14-40)33-47(73)69-30-26-58(77,27-31-69)36-70-37-62-49-51(54(70)75)66-68(2)52(49)43-20-18-39(19-21-43)34-61-46(72)17-11-3-4-12-28-59-53(74)44-24-22-41(23-25-44)45-35-79-57(63-45)71-55(76)50(64-65-56-60-29-32-78-56)48(67-71)42-15-9-6-10-16-42/h5-10,13-16,18-25,29,32,35,37-38,77H,3-4,11-12,17,26-28,30-31,33-34,36H2,1-2H3,(H,59,74)(H,60,65)(H,61,72)/b64-50+/t38-/m1/s1. The number of amides is 4. The van der Waals surface area contributed by atoms with Gasteiger partial charge in [0, 0.05) is 85.3 Å². The summed E-state index contributed by atoms with van der Waals surface area (Å²) in [7, 11) is 1.76. The molecule has 2 aliphatic heterocycles. The predicted molar refractivity (Wildman–Crippen MR) is 307 cm³/mol. The van der Waals surface area contributed by atoms with Gasteiger partial charge in [-0.2, -0.15) is 20.3 Å². The third kappa shape index (κ3) is 12.8. The van der Waals surface area contributed by atoms with E-state index in [4.69, 9.17) is 4.98 Å². The van der Waals surface area contributed by atoms with Gasteiger partial charge in [0.05, 0.1) is 29.9 Å². The number of aryl methyl sites for hydroxylation is 1. The molecule has 0 bridgehead atoms. The first-order valence-electron chi connectivity index (χ1n) is 26.3. The average molecular weight is 1100 g/mol. The fourth-order valence-corrected chi connectivity index (χ4v) is 10.9. The van der Waals surface area contributed by atoms with E-state index in [0.29, 0.717) is 90.3 Å². The third-order valence-electron chi connectivity index (χ3n) is 14.2. The molecule has 4 aromatic heterocycles. The molecule has 4 aromatic carbocycles. The first kappa shape index (κ1) is 53.9. The zero-order valence-corrected chi connectivity index (χ0v) is 45.4. The van der Waals surface area contributed by atoms with Crippen LogP contribution in [0.5, 0.6) is 0 Å². The van der Waals surface area contributed by atoms with Crippen LogP contribution in [0.25, 0.3) is 33.5 Å². The van der Waals surface area contributed by atoms with Gasteiger partial charge >= 0.3 is 5.91 Å². The Hall–Kier alpha value is -8.53. The highest BCUT2D eigenvalue weighted by Crippen LogP contribution is 2.32. The highest BCUT2D eigenvalue weighted by molar-refractivity contribution is 7.14. The summed E-state index contributed by atoms with van der Waals surface area (Å²) in [6.45, 7) is 3.78. The zero-order chi connectivity index (χ0) is 54.9. The molecule has 404 valence electrons. The second-order valence-electron chi connectivity index (χ2n) is 19.8. The van der Waals surface area contributed by atoms with E-state index in [1.54, 1.807) is 35.0 Å². The molecule has 79 heavy (non-hydrogen) atoms. The number of carbonyl (C=O) groups excluding carboxylic acids is 4. The Labute approximate surface area is 463 Å². The summed E-state index contributed by atoms with van der Waals surface area (Å²) in [4.78, 5) is 81.6. The van der Waals surface area contributed by atoms with E-state index in [1.165, 1.54) is 38.6 Å². The molecule has 1 atom stereocenters. The number of hydrazone groups is 2. The Kier molecular flexibility index (Phi) is 16.7. The third-order valence-corrected chi connectivity index (χ3v) is 15.7. The molecule has 4 N–H and O–H groups in total. The predicted octanol–water partition coefficient (Wildman–Crippen LogP) is 8.14. The second kappa shape index (κ2) is 24.4. The minimum atomic E-state index is -1.17. The lowest BCUT2D eigenvalue weighted by atomic mass is 9.90. The van der Waals surface area contributed by atoms with Crippen molar-refractivity contribution in [3.8, 4) is 22.5 Å². The Bertz CT molecular complexity index is 3570. The molecule has 10 rings (SSSR count). The van der Waals surface area contributed by atoms with Crippen molar-refractivity contribution in [1.82, 2.24) is 44.8 Å². The molecular formula is C58H59N13O6S2. The van der Waals surface area contributed by atoms with Crippen molar-refractivity contribution in [3.05, 3.63) is 165 Å². The van der Waals surface area contributed by atoms with Gasteiger partial charge in [-0.15, -0.1) is 22.7 Å². The Morgan fingerprint density at radius 1 is 0.810 bits per heavy atom. The number of hydrogen-bond acceptors (Lipinski definition) is 15. The molecule has 0 radical (unpaired) electrons. The summed E-state index contributed by atoms with van der Waals surface area (Å²) < 4.78 is 3.05. The number of fused-ring (bicyclic) bond motifs is 1. The number of carbonyl (C=O) groups is 4. The summed E-state index contributed by atoms with van der Waals surface area (Å²) in [6.07, 6.45) is 7.79. The van der Waals surface area contributed by atoms with Crippen LogP contribution in [0.1, 0.15) is 91.3 Å². The normalized spacial score (nSPS) is 15.1. The van der Waals surface area contributed by atoms with Gasteiger partial charge in [-0.3, -0.25) is 38.6 Å². The van der Waals surface area contributed by atoms with Crippen molar-refractivity contribution in [2.45, 2.75) is 82.9 Å². The molecular weight excluding hydrogens is 1040 g/mol. The number of unbranched alkanes of at least 4 members (excludes halogenated alkanes) is 3. The van der Waals surface area contributed by atoms with Crippen molar-refractivity contribution in [2.24, 2.45) is 17.3 Å². The number of likely N-dealkylation sites (tertiary alicyclic amines) is 1. The van der Waals surface area contributed by atoms with E-state index in [1.807, 2.05) is 115 Å². The van der Waals surface area contributed by atoms with Crippen LogP contribution >= 0.6 is 22.7 Å². The largest absolute Gasteiger partial charge is 0.388 e. The van der Waals surface area contributed by atoms with Gasteiger partial charge in [-0.1, -0.05) is 117 Å². The van der Waals surface area contributed by atoms with Crippen LogP contribution < -0.4 is 26.6 Å². The van der Waals surface area contributed by atoms with Gasteiger partial charge in [-0.25, -0.2) is 15.0 Å². The van der Waals surface area contributed by atoms with Crippen molar-refractivity contribution in [1.29, 1.82) is 0 Å². The number of anilines is 2. The van der Waals surface area contributed by atoms with Crippen LogP contribution in [0, 0.1) is 0 Å². The van der Waals surface area contributed by atoms with Crippen LogP contribution in [0.4, 0.5) is 10.3 Å². The average Bonchev–Trinajstić information content (AvgIpc) is 4.49. The molecule has 0 saturated carbocycles. The molecule has 19 nitrogen and oxygen atoms in total. The Balaban J connectivity index is 0.629. The first-order valence-corrected chi connectivity index (χ1v) is 28.0. The van der Waals surface area contributed by atoms with E-state index in [0.717, 1.165) is 53.5 Å². The first-order chi connectivity index (χ1) is 38.4. The SMILES string of the molecule is C[C@H](CC(=O)N1CCC(O)(Cn2cnc3c(-c4ccc(CNC(=O)CCCCCCNC(=O)c5ccc(-c6csc(N7N=C(c8ccccc8)/C(=N\Nc8nccs8)C7=O)n6)cc5)cc4)n(C)nc3c2=O)CC1)c1ccccc1. The summed E-state index contributed by atoms with van der Waals surface area (Å²) in [5.41, 5.74) is 8.76. The minimum absolute atomic E-state index is 0.0419. The lowest BCUT2D eigenvalue weighted by molar-refractivity contribution is -0.136. The van der Waals surface area contributed by atoms with Gasteiger partial charge < -0.3 is 20.6 Å². The van der Waals surface area contributed by atoms with Crippen molar-refractivity contribution in [2.75, 3.05) is 30.1 Å². The van der Waals surface area contributed by atoms with Crippen molar-refractivity contribution >= 4 is 79.0 Å². The van der Waals surface area contributed by atoms with E-state index >= 15 is 0 Å². The number of nitrogens with one attached hydrogen (secondary N) is 3. The monoisotopic (exact) mass is 1100 g/mol. The van der Waals surface area contributed by atoms with Crippen molar-refractivity contribution < 1.29 is 24.3 Å². The molecule has 1 fully saturated rings. The molecule has 8 aromatic rings. The summed E-state index contributed by atoms with van der Waals surface area (Å²) in [5, 5.41) is 36.9. The number of thiazole rings is 2. The van der Waals surface area contributed by atoms with Gasteiger partial charge in [0.25, 0.3) is 11.5 Å². The zero-order valence-electron chi connectivity index (χ0n) is 43.7. The molecule has 0 spiro atoms. The molecule has 1 saturated heterocycles. The van der Waals surface area contributed by atoms with Gasteiger partial charge in [0.2, 0.25) is 22.1 Å². The van der Waals surface area contributed by atoms with E-state index in [-0.39, 0.29) is 47.0 Å². The quantitative estimate of drug-likeness (QED) is 0.0396. The number of aliphatic hydroxyl groups is 1. The summed E-state index contributed by atoms with van der Waals surface area (Å²) >= 11 is 2.64. The molecule has 2 aliphatic rings. The van der Waals surface area contributed by atoms with Crippen LogP contribution in [-0.4, -0.2) is 99.6 Å². The number of aromatic nitrogens is 6. The number of piperidine rings is 1. The van der Waals surface area contributed by atoms with Crippen LogP contribution in [-0.2, 0) is 34.5 Å². The molecule has 0 aliphatic carbocycles. The van der Waals surface area contributed by atoms with Crippen LogP contribution in [0.3, 0.4) is 0 Å². The van der Waals surface area contributed by atoms with Crippen LogP contribution in [0.2, 0.25) is 0 Å². The molecule has 21 heteroatoms. The smallest absolute Gasteiger partial charge is 0.303 e. The highest BCUT2D eigenvalue weighted by Gasteiger charge is 2.37. The molecule has 0 unspecified atom stereocenters. The molecule has 6 heterocycles. The lowest BCUT2D eigenvalue weighted by Crippen LogP contribution is -2.49. The number of benzene rings is 4. The minimum Gasteiger partial charge on any atom is -0.388 e. The topological polar surface area (TPSA) is 234 Å². The van der Waals surface area contributed by atoms with E-state index < -0.39 is 11.5 Å². The maximum Gasteiger partial charge on any atom is 0.303 e. The van der Waals surface area contributed by atoms with Gasteiger partial charge in [-0.05, 0) is 54.9 Å². The number of rotatable bonds is 21. The number of nitrogens with zero attached hydrogens (tertiary/aromatic N) is 10. The van der Waals surface area contributed by atoms with E-state index in [2.05, 4.69) is 41.3 Å².